The van der Waals surface area contributed by atoms with Gasteiger partial charge >= 0.3 is 0 Å². The number of halogens is 1. The summed E-state index contributed by atoms with van der Waals surface area (Å²) >= 11 is 0. The maximum atomic E-state index is 13.4. The summed E-state index contributed by atoms with van der Waals surface area (Å²) in [6.07, 6.45) is 0. The molecule has 4 rings (SSSR count). The van der Waals surface area contributed by atoms with Crippen LogP contribution in [0.15, 0.2) is 46.9 Å². The Balaban J connectivity index is 1.45. The van der Waals surface area contributed by atoms with Crippen molar-refractivity contribution in [2.24, 2.45) is 0 Å². The lowest BCUT2D eigenvalue weighted by atomic mass is 10.1. The topological polar surface area (TPSA) is 72.2 Å². The summed E-state index contributed by atoms with van der Waals surface area (Å²) in [6, 6.07) is 10.8. The highest BCUT2D eigenvalue weighted by atomic mass is 19.1. The van der Waals surface area contributed by atoms with Crippen molar-refractivity contribution in [1.29, 1.82) is 0 Å². The smallest absolute Gasteiger partial charge is 0.289 e. The van der Waals surface area contributed by atoms with Crippen molar-refractivity contribution in [2.45, 2.75) is 0 Å². The second kappa shape index (κ2) is 8.06. The van der Waals surface area contributed by atoms with E-state index in [9.17, 15) is 14.0 Å². The Labute approximate surface area is 172 Å². The SMILES string of the molecule is COc1cccc(C(=O)N2CCN(C(=O)c3cc4cc(F)ccc4o3)CC2)c1OC. The number of amides is 2. The fourth-order valence-electron chi connectivity index (χ4n) is 3.61. The molecule has 8 heteroatoms. The number of carbonyl (C=O) groups excluding carboxylic acids is 2. The zero-order chi connectivity index (χ0) is 21.3. The number of hydrogen-bond acceptors (Lipinski definition) is 5. The number of piperazine rings is 1. The first-order valence-electron chi connectivity index (χ1n) is 9.50. The van der Waals surface area contributed by atoms with E-state index in [2.05, 4.69) is 0 Å². The zero-order valence-electron chi connectivity index (χ0n) is 16.7. The number of carbonyl (C=O) groups is 2. The molecule has 2 heterocycles. The summed E-state index contributed by atoms with van der Waals surface area (Å²) < 4.78 is 29.6. The van der Waals surface area contributed by atoms with E-state index < -0.39 is 0 Å². The fraction of sp³-hybridized carbons (Fsp3) is 0.273. The molecule has 30 heavy (non-hydrogen) atoms. The van der Waals surface area contributed by atoms with Crippen LogP contribution < -0.4 is 9.47 Å². The average Bonchev–Trinajstić information content (AvgIpc) is 3.20. The van der Waals surface area contributed by atoms with Gasteiger partial charge in [-0.05, 0) is 36.4 Å². The molecule has 0 radical (unpaired) electrons. The molecule has 0 bridgehead atoms. The van der Waals surface area contributed by atoms with Crippen molar-refractivity contribution in [3.63, 3.8) is 0 Å². The van der Waals surface area contributed by atoms with Crippen LogP contribution in [0.3, 0.4) is 0 Å². The van der Waals surface area contributed by atoms with E-state index in [-0.39, 0.29) is 23.4 Å². The van der Waals surface area contributed by atoms with Gasteiger partial charge in [-0.25, -0.2) is 4.39 Å². The fourth-order valence-corrected chi connectivity index (χ4v) is 3.61. The van der Waals surface area contributed by atoms with Crippen molar-refractivity contribution in [1.82, 2.24) is 9.80 Å². The predicted octanol–water partition coefficient (Wildman–Crippen LogP) is 3.19. The minimum Gasteiger partial charge on any atom is -0.493 e. The molecule has 2 amide bonds. The van der Waals surface area contributed by atoms with Crippen LogP contribution in [0.5, 0.6) is 11.5 Å². The summed E-state index contributed by atoms with van der Waals surface area (Å²) in [7, 11) is 3.01. The summed E-state index contributed by atoms with van der Waals surface area (Å²) in [5.74, 6) is 0.179. The molecular weight excluding hydrogens is 391 g/mol. The number of rotatable bonds is 4. The van der Waals surface area contributed by atoms with Gasteiger partial charge in [0.15, 0.2) is 17.3 Å². The van der Waals surface area contributed by atoms with Gasteiger partial charge in [-0.1, -0.05) is 6.07 Å². The zero-order valence-corrected chi connectivity index (χ0v) is 16.7. The molecule has 1 fully saturated rings. The van der Waals surface area contributed by atoms with E-state index in [1.165, 1.54) is 32.4 Å². The van der Waals surface area contributed by atoms with Gasteiger partial charge in [-0.2, -0.15) is 0 Å². The average molecular weight is 412 g/mol. The van der Waals surface area contributed by atoms with Crippen molar-refractivity contribution in [3.05, 3.63) is 59.6 Å². The molecule has 0 unspecified atom stereocenters. The number of nitrogens with zero attached hydrogens (tertiary/aromatic N) is 2. The van der Waals surface area contributed by atoms with E-state index in [0.717, 1.165) is 0 Å². The Bertz CT molecular complexity index is 1100. The summed E-state index contributed by atoms with van der Waals surface area (Å²) in [6.45, 7) is 1.48. The molecule has 0 atom stereocenters. The quantitative estimate of drug-likeness (QED) is 0.658. The summed E-state index contributed by atoms with van der Waals surface area (Å²) in [4.78, 5) is 29.1. The number of hydrogen-bond donors (Lipinski definition) is 0. The number of benzene rings is 2. The molecule has 7 nitrogen and oxygen atoms in total. The highest BCUT2D eigenvalue weighted by Crippen LogP contribution is 2.31. The molecule has 1 saturated heterocycles. The number of fused-ring (bicyclic) bond motifs is 1. The molecule has 0 aliphatic carbocycles. The van der Waals surface area contributed by atoms with Crippen molar-refractivity contribution >= 4 is 22.8 Å². The number of methoxy groups -OCH3 is 2. The number of para-hydroxylation sites is 1. The van der Waals surface area contributed by atoms with Crippen LogP contribution in [0.25, 0.3) is 11.0 Å². The predicted molar refractivity (Wildman–Crippen MR) is 108 cm³/mol. The molecular formula is C22H21FN2O5. The lowest BCUT2D eigenvalue weighted by molar-refractivity contribution is 0.0517. The molecule has 0 spiro atoms. The maximum absolute atomic E-state index is 13.4. The second-order valence-electron chi connectivity index (χ2n) is 6.92. The van der Waals surface area contributed by atoms with E-state index in [1.807, 2.05) is 0 Å². The summed E-state index contributed by atoms with van der Waals surface area (Å²) in [5, 5.41) is 0.539. The van der Waals surface area contributed by atoms with Crippen LogP contribution in [0, 0.1) is 5.82 Å². The lowest BCUT2D eigenvalue weighted by Crippen LogP contribution is -2.50. The first-order chi connectivity index (χ1) is 14.5. The van der Waals surface area contributed by atoms with E-state index in [0.29, 0.717) is 54.2 Å². The number of furan rings is 1. The van der Waals surface area contributed by atoms with Crippen LogP contribution in [-0.4, -0.2) is 62.0 Å². The Morgan fingerprint density at radius 1 is 0.933 bits per heavy atom. The van der Waals surface area contributed by atoms with Crippen LogP contribution in [0.2, 0.25) is 0 Å². The van der Waals surface area contributed by atoms with E-state index in [1.54, 1.807) is 34.1 Å². The van der Waals surface area contributed by atoms with E-state index in [4.69, 9.17) is 13.9 Å². The van der Waals surface area contributed by atoms with Gasteiger partial charge in [-0.15, -0.1) is 0 Å². The van der Waals surface area contributed by atoms with Crippen LogP contribution in [0.1, 0.15) is 20.9 Å². The third-order valence-corrected chi connectivity index (χ3v) is 5.18. The lowest BCUT2D eigenvalue weighted by Gasteiger charge is -2.34. The van der Waals surface area contributed by atoms with E-state index >= 15 is 0 Å². The summed E-state index contributed by atoms with van der Waals surface area (Å²) in [5.41, 5.74) is 0.870. The molecule has 1 aromatic heterocycles. The maximum Gasteiger partial charge on any atom is 0.289 e. The van der Waals surface area contributed by atoms with Gasteiger partial charge in [0.05, 0.1) is 19.8 Å². The molecule has 156 valence electrons. The highest BCUT2D eigenvalue weighted by Gasteiger charge is 2.29. The molecule has 0 saturated carbocycles. The second-order valence-corrected chi connectivity index (χ2v) is 6.92. The monoisotopic (exact) mass is 412 g/mol. The van der Waals surface area contributed by atoms with Gasteiger partial charge in [0, 0.05) is 31.6 Å². The van der Waals surface area contributed by atoms with Gasteiger partial charge in [0.2, 0.25) is 0 Å². The Morgan fingerprint density at radius 2 is 1.63 bits per heavy atom. The Kier molecular flexibility index (Phi) is 5.31. The third kappa shape index (κ3) is 3.56. The first kappa shape index (κ1) is 19.8. The largest absolute Gasteiger partial charge is 0.493 e. The van der Waals surface area contributed by atoms with Gasteiger partial charge in [0.1, 0.15) is 11.4 Å². The Morgan fingerprint density at radius 3 is 2.30 bits per heavy atom. The molecule has 3 aromatic rings. The normalized spacial score (nSPS) is 14.1. The number of ether oxygens (including phenoxy) is 2. The van der Waals surface area contributed by atoms with Crippen LogP contribution in [0.4, 0.5) is 4.39 Å². The third-order valence-electron chi connectivity index (χ3n) is 5.18. The molecule has 0 N–H and O–H groups in total. The molecule has 1 aliphatic rings. The van der Waals surface area contributed by atoms with Crippen molar-refractivity contribution < 1.29 is 27.9 Å². The Hall–Kier alpha value is -3.55. The molecule has 1 aliphatic heterocycles. The van der Waals surface area contributed by atoms with Crippen molar-refractivity contribution in [2.75, 3.05) is 40.4 Å². The standard InChI is InChI=1S/C22H21FN2O5/c1-28-18-5-3-4-16(20(18)29-2)21(26)24-8-10-25(11-9-24)22(27)19-13-14-12-15(23)6-7-17(14)30-19/h3-7,12-13H,8-11H2,1-2H3. The minimum atomic E-state index is -0.387. The van der Waals surface area contributed by atoms with Gasteiger partial charge < -0.3 is 23.7 Å². The van der Waals surface area contributed by atoms with Crippen LogP contribution in [-0.2, 0) is 0 Å². The van der Waals surface area contributed by atoms with Gasteiger partial charge in [0.25, 0.3) is 11.8 Å². The minimum absolute atomic E-state index is 0.157. The molecule has 2 aromatic carbocycles. The van der Waals surface area contributed by atoms with Gasteiger partial charge in [-0.3, -0.25) is 9.59 Å². The first-order valence-corrected chi connectivity index (χ1v) is 9.50. The van der Waals surface area contributed by atoms with Crippen LogP contribution >= 0.6 is 0 Å². The van der Waals surface area contributed by atoms with Crippen molar-refractivity contribution in [3.8, 4) is 11.5 Å². The highest BCUT2D eigenvalue weighted by molar-refractivity contribution is 5.99.